The summed E-state index contributed by atoms with van der Waals surface area (Å²) in [6.45, 7) is 12.5. The van der Waals surface area contributed by atoms with Crippen LogP contribution in [0, 0.1) is 0 Å². The highest BCUT2D eigenvalue weighted by atomic mass is 32.2. The van der Waals surface area contributed by atoms with Crippen LogP contribution >= 0.6 is 11.3 Å². The normalized spacial score (nSPS) is 23.2. The minimum absolute atomic E-state index is 0.113. The van der Waals surface area contributed by atoms with E-state index in [4.69, 9.17) is 9.47 Å². The van der Waals surface area contributed by atoms with Crippen molar-refractivity contribution in [2.75, 3.05) is 25.5 Å². The van der Waals surface area contributed by atoms with Crippen molar-refractivity contribution in [2.45, 2.75) is 76.1 Å². The van der Waals surface area contributed by atoms with E-state index in [1.807, 2.05) is 27.7 Å². The Morgan fingerprint density at radius 2 is 1.70 bits per heavy atom. The predicted octanol–water partition coefficient (Wildman–Crippen LogP) is 3.74. The number of anilines is 1. The maximum atomic E-state index is 13.2. The first-order valence-electron chi connectivity index (χ1n) is 12.3. The molecular weight excluding hydrogens is 514 g/mol. The third kappa shape index (κ3) is 5.46. The average molecular weight is 550 g/mol. The summed E-state index contributed by atoms with van der Waals surface area (Å²) in [7, 11) is -2.40. The number of fused-ring (bicyclic) bond motifs is 1. The van der Waals surface area contributed by atoms with E-state index in [0.717, 1.165) is 10.4 Å². The summed E-state index contributed by atoms with van der Waals surface area (Å²) < 4.78 is 38.4. The van der Waals surface area contributed by atoms with Gasteiger partial charge in [0.15, 0.2) is 0 Å². The number of ether oxygens (including phenoxy) is 2. The van der Waals surface area contributed by atoms with Crippen molar-refractivity contribution in [1.29, 1.82) is 0 Å². The smallest absolute Gasteiger partial charge is 0.341 e. The van der Waals surface area contributed by atoms with Crippen LogP contribution in [-0.4, -0.2) is 62.5 Å². The van der Waals surface area contributed by atoms with Gasteiger partial charge in [-0.3, -0.25) is 4.79 Å². The zero-order valence-electron chi connectivity index (χ0n) is 22.3. The molecule has 2 aliphatic heterocycles. The van der Waals surface area contributed by atoms with Gasteiger partial charge < -0.3 is 20.1 Å². The number of amides is 1. The predicted molar refractivity (Wildman–Crippen MR) is 143 cm³/mol. The number of nitrogens with one attached hydrogen (secondary N) is 2. The Morgan fingerprint density at radius 3 is 2.27 bits per heavy atom. The second-order valence-corrected chi connectivity index (χ2v) is 13.9. The van der Waals surface area contributed by atoms with Gasteiger partial charge >= 0.3 is 5.97 Å². The van der Waals surface area contributed by atoms with Crippen LogP contribution < -0.4 is 10.6 Å². The second-order valence-electron chi connectivity index (χ2n) is 11.0. The van der Waals surface area contributed by atoms with Gasteiger partial charge in [0.05, 0.1) is 29.8 Å². The van der Waals surface area contributed by atoms with Crippen molar-refractivity contribution in [3.63, 3.8) is 0 Å². The maximum absolute atomic E-state index is 13.2. The van der Waals surface area contributed by atoms with E-state index in [2.05, 4.69) is 24.5 Å². The SMILES string of the molecule is COC(=O)c1c(NC(=O)c2ccc(S(=O)(=O)N3CC(C)OC(C)C3)cc2)sc2c1CC(C)(C)NC2(C)C. The van der Waals surface area contributed by atoms with Gasteiger partial charge in [0, 0.05) is 34.6 Å². The first kappa shape index (κ1) is 27.7. The summed E-state index contributed by atoms with van der Waals surface area (Å²) in [6.07, 6.45) is 0.207. The third-order valence-electron chi connectivity index (χ3n) is 6.60. The molecule has 0 radical (unpaired) electrons. The number of rotatable bonds is 5. The van der Waals surface area contributed by atoms with Crippen LogP contribution in [0.5, 0.6) is 0 Å². The minimum atomic E-state index is -3.72. The Morgan fingerprint density at radius 1 is 1.11 bits per heavy atom. The van der Waals surface area contributed by atoms with Gasteiger partial charge in [0.25, 0.3) is 5.91 Å². The standard InChI is InChI=1S/C26H35N3O6S2/c1-15-13-29(14-16(2)35-15)37(32,33)18-10-8-17(9-11-18)22(30)27-23-20(24(31)34-7)19-12-25(3,4)28-26(5,6)21(19)36-23/h8-11,15-16,28H,12-14H2,1-7H3,(H,27,30). The molecule has 1 aromatic heterocycles. The lowest BCUT2D eigenvalue weighted by Gasteiger charge is -2.42. The summed E-state index contributed by atoms with van der Waals surface area (Å²) in [5, 5.41) is 6.89. The van der Waals surface area contributed by atoms with Crippen molar-refractivity contribution in [3.05, 3.63) is 45.8 Å². The molecule has 0 bridgehead atoms. The number of nitrogens with zero attached hydrogens (tertiary/aromatic N) is 1. The molecule has 1 saturated heterocycles. The van der Waals surface area contributed by atoms with Crippen LogP contribution in [-0.2, 0) is 31.5 Å². The van der Waals surface area contributed by atoms with Crippen LogP contribution in [0.3, 0.4) is 0 Å². The summed E-state index contributed by atoms with van der Waals surface area (Å²) in [4.78, 5) is 27.1. The molecule has 1 amide bonds. The van der Waals surface area contributed by atoms with E-state index in [9.17, 15) is 18.0 Å². The van der Waals surface area contributed by atoms with Gasteiger partial charge in [-0.2, -0.15) is 4.31 Å². The quantitative estimate of drug-likeness (QED) is 0.546. The molecule has 0 aliphatic carbocycles. The number of methoxy groups -OCH3 is 1. The highest BCUT2D eigenvalue weighted by Crippen LogP contribution is 2.45. The highest BCUT2D eigenvalue weighted by Gasteiger charge is 2.42. The molecule has 37 heavy (non-hydrogen) atoms. The zero-order valence-corrected chi connectivity index (χ0v) is 23.9. The van der Waals surface area contributed by atoms with E-state index in [1.165, 1.54) is 47.0 Å². The molecule has 202 valence electrons. The molecule has 2 aromatic rings. The fourth-order valence-corrected chi connectivity index (χ4v) is 8.21. The number of hydrogen-bond donors (Lipinski definition) is 2. The monoisotopic (exact) mass is 549 g/mol. The van der Waals surface area contributed by atoms with Crippen LogP contribution in [0.2, 0.25) is 0 Å². The van der Waals surface area contributed by atoms with Crippen molar-refractivity contribution >= 4 is 38.2 Å². The fourth-order valence-electron chi connectivity index (χ4n) is 5.36. The molecule has 11 heteroatoms. The van der Waals surface area contributed by atoms with Crippen LogP contribution in [0.25, 0.3) is 0 Å². The van der Waals surface area contributed by atoms with E-state index in [-0.39, 0.29) is 41.3 Å². The summed E-state index contributed by atoms with van der Waals surface area (Å²) in [5.74, 6) is -0.942. The summed E-state index contributed by atoms with van der Waals surface area (Å²) >= 11 is 1.35. The Kier molecular flexibility index (Phi) is 7.32. The number of thiophene rings is 1. The van der Waals surface area contributed by atoms with Gasteiger partial charge in [0.2, 0.25) is 10.0 Å². The second kappa shape index (κ2) is 9.77. The molecular formula is C26H35N3O6S2. The first-order valence-corrected chi connectivity index (χ1v) is 14.5. The molecule has 4 rings (SSSR count). The van der Waals surface area contributed by atoms with Gasteiger partial charge in [-0.15, -0.1) is 11.3 Å². The topological polar surface area (TPSA) is 114 Å². The summed E-state index contributed by atoms with van der Waals surface area (Å²) in [6, 6.07) is 5.83. The van der Waals surface area contributed by atoms with Gasteiger partial charge in [-0.05, 0) is 77.8 Å². The average Bonchev–Trinajstić information content (AvgIpc) is 3.15. The molecule has 2 N–H and O–H groups in total. The number of carbonyl (C=O) groups is 2. The number of carbonyl (C=O) groups excluding carboxylic acids is 2. The molecule has 0 saturated carbocycles. The Hall–Kier alpha value is -2.31. The van der Waals surface area contributed by atoms with Crippen molar-refractivity contribution in [3.8, 4) is 0 Å². The van der Waals surface area contributed by atoms with Crippen LogP contribution in [0.15, 0.2) is 29.2 Å². The Bertz CT molecular complexity index is 1300. The lowest BCUT2D eigenvalue weighted by Crippen LogP contribution is -2.55. The Balaban J connectivity index is 1.61. The fraction of sp³-hybridized carbons (Fsp3) is 0.538. The van der Waals surface area contributed by atoms with E-state index >= 15 is 0 Å². The van der Waals surface area contributed by atoms with Crippen molar-refractivity contribution in [2.24, 2.45) is 0 Å². The minimum Gasteiger partial charge on any atom is -0.465 e. The molecule has 9 nitrogen and oxygen atoms in total. The molecule has 1 fully saturated rings. The summed E-state index contributed by atoms with van der Waals surface area (Å²) in [5.41, 5.74) is 0.865. The first-order chi connectivity index (χ1) is 17.1. The lowest BCUT2D eigenvalue weighted by molar-refractivity contribution is -0.0440. The maximum Gasteiger partial charge on any atom is 0.341 e. The van der Waals surface area contributed by atoms with Crippen LogP contribution in [0.4, 0.5) is 5.00 Å². The molecule has 3 heterocycles. The van der Waals surface area contributed by atoms with E-state index in [1.54, 1.807) is 0 Å². The third-order valence-corrected chi connectivity index (χ3v) is 9.92. The van der Waals surface area contributed by atoms with Crippen molar-refractivity contribution in [1.82, 2.24) is 9.62 Å². The van der Waals surface area contributed by atoms with Gasteiger partial charge in [-0.25, -0.2) is 13.2 Å². The molecule has 0 spiro atoms. The van der Waals surface area contributed by atoms with Crippen LogP contribution in [0.1, 0.15) is 72.7 Å². The number of morpholine rings is 1. The number of esters is 1. The number of benzene rings is 1. The Labute approximate surface area is 222 Å². The molecule has 2 aliphatic rings. The number of sulfonamides is 1. The number of hydrogen-bond acceptors (Lipinski definition) is 8. The van der Waals surface area contributed by atoms with Gasteiger partial charge in [0.1, 0.15) is 5.00 Å². The zero-order chi connectivity index (χ0) is 27.3. The molecule has 2 unspecified atom stereocenters. The highest BCUT2D eigenvalue weighted by molar-refractivity contribution is 7.89. The molecule has 2 atom stereocenters. The van der Waals surface area contributed by atoms with Crippen molar-refractivity contribution < 1.29 is 27.5 Å². The lowest BCUT2D eigenvalue weighted by atomic mass is 9.81. The van der Waals surface area contributed by atoms with E-state index in [0.29, 0.717) is 17.0 Å². The van der Waals surface area contributed by atoms with Gasteiger partial charge in [-0.1, -0.05) is 0 Å². The largest absolute Gasteiger partial charge is 0.465 e. The van der Waals surface area contributed by atoms with E-state index < -0.39 is 27.4 Å². The molecule has 1 aromatic carbocycles.